The highest BCUT2D eigenvalue weighted by atomic mass is 16.5. The zero-order chi connectivity index (χ0) is 11.4. The standard InChI is InChI=1S/C13H15NO2/c1-2-13(15)14-8-10-7-11-5-3-4-6-12(11)16-9-10/h2-6,10H,1,7-9H2,(H,14,15). The Labute approximate surface area is 95.1 Å². The van der Waals surface area contributed by atoms with E-state index in [4.69, 9.17) is 4.74 Å². The average Bonchev–Trinajstić information content (AvgIpc) is 2.35. The summed E-state index contributed by atoms with van der Waals surface area (Å²) in [6.07, 6.45) is 2.24. The van der Waals surface area contributed by atoms with Crippen LogP contribution >= 0.6 is 0 Å². The number of amides is 1. The van der Waals surface area contributed by atoms with Gasteiger partial charge in [-0.05, 0) is 24.1 Å². The normalized spacial score (nSPS) is 18.1. The molecule has 1 aliphatic heterocycles. The van der Waals surface area contributed by atoms with E-state index < -0.39 is 0 Å². The molecule has 0 bridgehead atoms. The predicted molar refractivity (Wildman–Crippen MR) is 62.3 cm³/mol. The minimum absolute atomic E-state index is 0.126. The Kier molecular flexibility index (Phi) is 3.25. The van der Waals surface area contributed by atoms with Gasteiger partial charge in [-0.1, -0.05) is 24.8 Å². The fraction of sp³-hybridized carbons (Fsp3) is 0.308. The molecule has 16 heavy (non-hydrogen) atoms. The van der Waals surface area contributed by atoms with Crippen molar-refractivity contribution in [3.05, 3.63) is 42.5 Å². The van der Waals surface area contributed by atoms with Gasteiger partial charge in [0.1, 0.15) is 5.75 Å². The van der Waals surface area contributed by atoms with Gasteiger partial charge in [-0.25, -0.2) is 0 Å². The van der Waals surface area contributed by atoms with Crippen molar-refractivity contribution in [3.8, 4) is 5.75 Å². The van der Waals surface area contributed by atoms with Crippen molar-refractivity contribution in [2.75, 3.05) is 13.2 Å². The molecule has 1 aliphatic rings. The van der Waals surface area contributed by atoms with E-state index in [-0.39, 0.29) is 5.91 Å². The molecular formula is C13H15NO2. The van der Waals surface area contributed by atoms with Crippen LogP contribution in [0, 0.1) is 5.92 Å². The molecule has 0 aliphatic carbocycles. The summed E-state index contributed by atoms with van der Waals surface area (Å²) in [5.74, 6) is 1.19. The molecule has 3 heteroatoms. The Hall–Kier alpha value is -1.77. The largest absolute Gasteiger partial charge is 0.493 e. The molecule has 0 fully saturated rings. The summed E-state index contributed by atoms with van der Waals surface area (Å²) in [5.41, 5.74) is 1.21. The molecule has 84 valence electrons. The summed E-state index contributed by atoms with van der Waals surface area (Å²) in [4.78, 5) is 11.0. The number of hydrogen-bond acceptors (Lipinski definition) is 2. The molecule has 0 spiro atoms. The van der Waals surface area contributed by atoms with Crippen molar-refractivity contribution in [2.45, 2.75) is 6.42 Å². The topological polar surface area (TPSA) is 38.3 Å². The van der Waals surface area contributed by atoms with Crippen LogP contribution in [-0.2, 0) is 11.2 Å². The summed E-state index contributed by atoms with van der Waals surface area (Å²) in [5, 5.41) is 2.80. The molecule has 0 saturated heterocycles. The Morgan fingerprint density at radius 3 is 3.19 bits per heavy atom. The number of para-hydroxylation sites is 1. The summed E-state index contributed by atoms with van der Waals surface area (Å²) >= 11 is 0. The molecule has 0 aromatic heterocycles. The van der Waals surface area contributed by atoms with Crippen LogP contribution in [-0.4, -0.2) is 19.1 Å². The molecule has 1 unspecified atom stereocenters. The molecule has 2 rings (SSSR count). The van der Waals surface area contributed by atoms with E-state index in [0.29, 0.717) is 19.1 Å². The highest BCUT2D eigenvalue weighted by molar-refractivity contribution is 5.86. The number of nitrogens with one attached hydrogen (secondary N) is 1. The van der Waals surface area contributed by atoms with Gasteiger partial charge in [-0.15, -0.1) is 0 Å². The molecule has 1 amide bonds. The van der Waals surface area contributed by atoms with Crippen molar-refractivity contribution in [2.24, 2.45) is 5.92 Å². The second kappa shape index (κ2) is 4.84. The summed E-state index contributed by atoms with van der Waals surface area (Å²) in [7, 11) is 0. The molecule has 1 heterocycles. The van der Waals surface area contributed by atoms with E-state index in [1.165, 1.54) is 11.6 Å². The maximum absolute atomic E-state index is 11.0. The Balaban J connectivity index is 1.93. The van der Waals surface area contributed by atoms with Gasteiger partial charge in [0.15, 0.2) is 0 Å². The van der Waals surface area contributed by atoms with Crippen LogP contribution in [0.4, 0.5) is 0 Å². The van der Waals surface area contributed by atoms with Gasteiger partial charge in [-0.3, -0.25) is 4.79 Å². The number of carbonyl (C=O) groups excluding carboxylic acids is 1. The number of benzene rings is 1. The fourth-order valence-corrected chi connectivity index (χ4v) is 1.84. The third kappa shape index (κ3) is 2.42. The molecule has 0 saturated carbocycles. The molecule has 0 radical (unpaired) electrons. The SMILES string of the molecule is C=CC(=O)NCC1COc2ccccc2C1. The molecule has 3 nitrogen and oxygen atoms in total. The van der Waals surface area contributed by atoms with E-state index in [9.17, 15) is 4.79 Å². The molecule has 1 atom stereocenters. The van der Waals surface area contributed by atoms with Crippen LogP contribution in [0.5, 0.6) is 5.75 Å². The molecule has 1 aromatic carbocycles. The van der Waals surface area contributed by atoms with Gasteiger partial charge < -0.3 is 10.1 Å². The second-order valence-corrected chi connectivity index (χ2v) is 3.94. The predicted octanol–water partition coefficient (Wildman–Crippen LogP) is 1.54. The number of carbonyl (C=O) groups is 1. The smallest absolute Gasteiger partial charge is 0.243 e. The van der Waals surface area contributed by atoms with Gasteiger partial charge in [0.2, 0.25) is 5.91 Å². The van der Waals surface area contributed by atoms with Crippen LogP contribution in [0.15, 0.2) is 36.9 Å². The van der Waals surface area contributed by atoms with Gasteiger partial charge in [-0.2, -0.15) is 0 Å². The quantitative estimate of drug-likeness (QED) is 0.780. The van der Waals surface area contributed by atoms with Crippen molar-refractivity contribution in [1.82, 2.24) is 5.32 Å². The first-order valence-corrected chi connectivity index (χ1v) is 5.40. The fourth-order valence-electron chi connectivity index (χ4n) is 1.84. The highest BCUT2D eigenvalue weighted by Gasteiger charge is 2.19. The number of ether oxygens (including phenoxy) is 1. The van der Waals surface area contributed by atoms with E-state index in [1.807, 2.05) is 18.2 Å². The first-order valence-electron chi connectivity index (χ1n) is 5.40. The Bertz CT molecular complexity index is 401. The van der Waals surface area contributed by atoms with Crippen LogP contribution in [0.3, 0.4) is 0 Å². The number of fused-ring (bicyclic) bond motifs is 1. The van der Waals surface area contributed by atoms with Crippen LogP contribution in [0.25, 0.3) is 0 Å². The van der Waals surface area contributed by atoms with Crippen molar-refractivity contribution in [1.29, 1.82) is 0 Å². The van der Waals surface area contributed by atoms with Gasteiger partial charge in [0.25, 0.3) is 0 Å². The molecular weight excluding hydrogens is 202 g/mol. The minimum atomic E-state index is -0.126. The van der Waals surface area contributed by atoms with Gasteiger partial charge in [0, 0.05) is 12.5 Å². The maximum Gasteiger partial charge on any atom is 0.243 e. The Morgan fingerprint density at radius 1 is 1.56 bits per heavy atom. The van der Waals surface area contributed by atoms with Gasteiger partial charge in [0.05, 0.1) is 6.61 Å². The zero-order valence-electron chi connectivity index (χ0n) is 9.11. The Morgan fingerprint density at radius 2 is 2.38 bits per heavy atom. The van der Waals surface area contributed by atoms with E-state index in [2.05, 4.69) is 18.0 Å². The van der Waals surface area contributed by atoms with E-state index in [0.717, 1.165) is 12.2 Å². The summed E-state index contributed by atoms with van der Waals surface area (Å²) in [6.45, 7) is 4.72. The monoisotopic (exact) mass is 217 g/mol. The maximum atomic E-state index is 11.0. The lowest BCUT2D eigenvalue weighted by molar-refractivity contribution is -0.116. The third-order valence-corrected chi connectivity index (χ3v) is 2.71. The van der Waals surface area contributed by atoms with Gasteiger partial charge >= 0.3 is 0 Å². The van der Waals surface area contributed by atoms with Crippen LogP contribution in [0.1, 0.15) is 5.56 Å². The zero-order valence-corrected chi connectivity index (χ0v) is 9.11. The number of hydrogen-bond donors (Lipinski definition) is 1. The summed E-state index contributed by atoms with van der Waals surface area (Å²) in [6, 6.07) is 8.02. The average molecular weight is 217 g/mol. The van der Waals surface area contributed by atoms with Crippen LogP contribution in [0.2, 0.25) is 0 Å². The number of rotatable bonds is 3. The third-order valence-electron chi connectivity index (χ3n) is 2.71. The first kappa shape index (κ1) is 10.7. The first-order chi connectivity index (χ1) is 7.79. The molecule has 1 aromatic rings. The summed E-state index contributed by atoms with van der Waals surface area (Å²) < 4.78 is 5.62. The van der Waals surface area contributed by atoms with Crippen LogP contribution < -0.4 is 10.1 Å². The van der Waals surface area contributed by atoms with E-state index >= 15 is 0 Å². The van der Waals surface area contributed by atoms with Crippen molar-refractivity contribution < 1.29 is 9.53 Å². The highest BCUT2D eigenvalue weighted by Crippen LogP contribution is 2.26. The minimum Gasteiger partial charge on any atom is -0.493 e. The van der Waals surface area contributed by atoms with Crippen molar-refractivity contribution in [3.63, 3.8) is 0 Å². The molecule has 1 N–H and O–H groups in total. The van der Waals surface area contributed by atoms with E-state index in [1.54, 1.807) is 0 Å². The van der Waals surface area contributed by atoms with Crippen molar-refractivity contribution >= 4 is 5.91 Å². The lowest BCUT2D eigenvalue weighted by Gasteiger charge is -2.25. The second-order valence-electron chi connectivity index (χ2n) is 3.94. The lowest BCUT2D eigenvalue weighted by Crippen LogP contribution is -2.33. The lowest BCUT2D eigenvalue weighted by atomic mass is 9.97.